The molecule has 1 saturated heterocycles. The van der Waals surface area contributed by atoms with Crippen molar-refractivity contribution in [3.05, 3.63) is 82.1 Å². The Hall–Kier alpha value is -3.19. The average molecular weight is 464 g/mol. The Labute approximate surface area is 196 Å². The maximum Gasteiger partial charge on any atom is 0.264 e. The minimum atomic E-state index is -0.254. The lowest BCUT2D eigenvalue weighted by molar-refractivity contribution is 0.0789. The third-order valence-corrected chi connectivity index (χ3v) is 7.73. The Morgan fingerprint density at radius 3 is 2.76 bits per heavy atom. The summed E-state index contributed by atoms with van der Waals surface area (Å²) in [6.07, 6.45) is 0.911. The van der Waals surface area contributed by atoms with Crippen LogP contribution in [0.3, 0.4) is 0 Å². The molecule has 7 heteroatoms. The maximum atomic E-state index is 13.4. The van der Waals surface area contributed by atoms with Crippen LogP contribution in [0, 0.1) is 12.7 Å². The lowest BCUT2D eigenvalue weighted by atomic mass is 9.82. The van der Waals surface area contributed by atoms with Crippen LogP contribution in [0.2, 0.25) is 0 Å². The number of carbonyl (C=O) groups excluding carboxylic acids is 1. The number of hydrogen-bond donors (Lipinski definition) is 0. The normalized spacial score (nSPS) is 18.2. The first-order chi connectivity index (χ1) is 15.9. The highest BCUT2D eigenvalue weighted by molar-refractivity contribution is 7.20. The number of carbonyl (C=O) groups is 1. The number of methoxy groups -OCH3 is 1. The van der Waals surface area contributed by atoms with Crippen LogP contribution in [-0.4, -0.2) is 40.8 Å². The van der Waals surface area contributed by atoms with E-state index < -0.39 is 0 Å². The van der Waals surface area contributed by atoms with Gasteiger partial charge in [-0.1, -0.05) is 31.2 Å². The number of amides is 1. The number of thiophene rings is 1. The minimum Gasteiger partial charge on any atom is -0.497 e. The zero-order chi connectivity index (χ0) is 23.2. The summed E-state index contributed by atoms with van der Waals surface area (Å²) in [6, 6.07) is 16.5. The first-order valence-electron chi connectivity index (χ1n) is 11.0. The van der Waals surface area contributed by atoms with Crippen LogP contribution in [-0.2, 0) is 12.0 Å². The molecule has 33 heavy (non-hydrogen) atoms. The molecule has 0 aliphatic carbocycles. The van der Waals surface area contributed by atoms with Crippen LogP contribution in [0.15, 0.2) is 54.6 Å². The molecule has 3 heterocycles. The highest BCUT2D eigenvalue weighted by atomic mass is 32.1. The van der Waals surface area contributed by atoms with Gasteiger partial charge in [-0.25, -0.2) is 4.39 Å². The number of rotatable bonds is 5. The molecule has 0 bridgehead atoms. The second kappa shape index (κ2) is 8.30. The zero-order valence-electron chi connectivity index (χ0n) is 19.0. The summed E-state index contributed by atoms with van der Waals surface area (Å²) in [5.41, 5.74) is 2.95. The van der Waals surface area contributed by atoms with Crippen molar-refractivity contribution < 1.29 is 13.9 Å². The highest BCUT2D eigenvalue weighted by Gasteiger charge is 2.38. The summed E-state index contributed by atoms with van der Waals surface area (Å²) in [7, 11) is 1.67. The van der Waals surface area contributed by atoms with Gasteiger partial charge in [0.2, 0.25) is 0 Å². The van der Waals surface area contributed by atoms with E-state index in [4.69, 9.17) is 4.74 Å². The number of halogens is 1. The molecule has 0 N–H and O–H groups in total. The molecule has 5 nitrogen and oxygen atoms in total. The number of benzene rings is 2. The predicted octanol–water partition coefficient (Wildman–Crippen LogP) is 5.41. The van der Waals surface area contributed by atoms with E-state index in [1.807, 2.05) is 34.7 Å². The molecule has 0 saturated carbocycles. The molecule has 1 unspecified atom stereocenters. The van der Waals surface area contributed by atoms with Crippen molar-refractivity contribution >= 4 is 27.5 Å². The molecule has 5 rings (SSSR count). The Morgan fingerprint density at radius 2 is 2.00 bits per heavy atom. The van der Waals surface area contributed by atoms with Gasteiger partial charge < -0.3 is 9.64 Å². The highest BCUT2D eigenvalue weighted by Crippen LogP contribution is 2.37. The van der Waals surface area contributed by atoms with Crippen molar-refractivity contribution in [2.45, 2.75) is 32.2 Å². The van der Waals surface area contributed by atoms with Crippen molar-refractivity contribution in [1.82, 2.24) is 14.7 Å². The molecular weight excluding hydrogens is 437 g/mol. The van der Waals surface area contributed by atoms with Gasteiger partial charge in [0.15, 0.2) is 0 Å². The molecule has 170 valence electrons. The summed E-state index contributed by atoms with van der Waals surface area (Å²) in [6.45, 7) is 6.11. The average Bonchev–Trinajstić information content (AvgIpc) is 3.51. The summed E-state index contributed by atoms with van der Waals surface area (Å²) >= 11 is 1.48. The molecule has 0 spiro atoms. The number of nitrogens with zero attached hydrogens (tertiary/aromatic N) is 3. The van der Waals surface area contributed by atoms with E-state index in [1.54, 1.807) is 19.2 Å². The number of fused-ring (bicyclic) bond motifs is 1. The van der Waals surface area contributed by atoms with Crippen LogP contribution in [0.1, 0.15) is 39.8 Å². The fourth-order valence-electron chi connectivity index (χ4n) is 4.61. The molecule has 1 amide bonds. The lowest BCUT2D eigenvalue weighted by Crippen LogP contribution is -2.32. The quantitative estimate of drug-likeness (QED) is 0.398. The Bertz CT molecular complexity index is 1330. The third kappa shape index (κ3) is 4.02. The van der Waals surface area contributed by atoms with Crippen molar-refractivity contribution in [3.8, 4) is 5.75 Å². The van der Waals surface area contributed by atoms with E-state index in [0.717, 1.165) is 45.1 Å². The first-order valence-corrected chi connectivity index (χ1v) is 11.8. The fraction of sp³-hybridized carbons (Fsp3) is 0.308. The maximum absolute atomic E-state index is 13.4. The first kappa shape index (κ1) is 21.6. The van der Waals surface area contributed by atoms with Crippen LogP contribution >= 0.6 is 11.3 Å². The molecular formula is C26H26FN3O2S. The van der Waals surface area contributed by atoms with Gasteiger partial charge >= 0.3 is 0 Å². The SMILES string of the molecule is COc1cccc(C2(C)CCN(C(=O)c3cc4c(C)nn(Cc5ccc(F)cc5)c4s3)C2)c1. The predicted molar refractivity (Wildman–Crippen MR) is 129 cm³/mol. The summed E-state index contributed by atoms with van der Waals surface area (Å²) < 4.78 is 20.6. The van der Waals surface area contributed by atoms with Crippen LogP contribution in [0.5, 0.6) is 5.75 Å². The standard InChI is InChI=1S/C26H26FN3O2S/c1-17-22-14-23(33-25(22)30(28-17)15-18-7-9-20(27)10-8-18)24(31)29-12-11-26(2,16-29)19-5-4-6-21(13-19)32-3/h4-10,13-14H,11-12,15-16H2,1-3H3. The number of ether oxygens (including phenoxy) is 1. The molecule has 2 aromatic carbocycles. The van der Waals surface area contributed by atoms with Crippen molar-refractivity contribution in [2.24, 2.45) is 0 Å². The Kier molecular flexibility index (Phi) is 5.44. The van der Waals surface area contributed by atoms with E-state index in [-0.39, 0.29) is 17.1 Å². The summed E-state index contributed by atoms with van der Waals surface area (Å²) in [5.74, 6) is 0.649. The van der Waals surface area contributed by atoms with Gasteiger partial charge in [0.1, 0.15) is 16.4 Å². The Balaban J connectivity index is 1.38. The monoisotopic (exact) mass is 463 g/mol. The van der Waals surface area contributed by atoms with Crippen LogP contribution in [0.25, 0.3) is 10.2 Å². The number of hydrogen-bond acceptors (Lipinski definition) is 4. The van der Waals surface area contributed by atoms with Crippen molar-refractivity contribution in [1.29, 1.82) is 0 Å². The van der Waals surface area contributed by atoms with E-state index in [2.05, 4.69) is 24.2 Å². The van der Waals surface area contributed by atoms with Gasteiger partial charge in [-0.05, 0) is 54.8 Å². The Morgan fingerprint density at radius 1 is 1.21 bits per heavy atom. The van der Waals surface area contributed by atoms with E-state index in [0.29, 0.717) is 13.1 Å². The van der Waals surface area contributed by atoms with Gasteiger partial charge in [-0.15, -0.1) is 11.3 Å². The zero-order valence-corrected chi connectivity index (χ0v) is 19.8. The smallest absolute Gasteiger partial charge is 0.264 e. The molecule has 2 aromatic heterocycles. The second-order valence-electron chi connectivity index (χ2n) is 8.97. The molecule has 1 atom stereocenters. The lowest BCUT2D eigenvalue weighted by Gasteiger charge is -2.25. The van der Waals surface area contributed by atoms with Crippen molar-refractivity contribution in [2.75, 3.05) is 20.2 Å². The molecule has 4 aromatic rings. The number of likely N-dealkylation sites (tertiary alicyclic amines) is 1. The summed E-state index contributed by atoms with van der Waals surface area (Å²) in [4.78, 5) is 17.1. The largest absolute Gasteiger partial charge is 0.497 e. The van der Waals surface area contributed by atoms with Gasteiger partial charge in [0.05, 0.1) is 24.2 Å². The van der Waals surface area contributed by atoms with E-state index in [9.17, 15) is 9.18 Å². The van der Waals surface area contributed by atoms with Crippen LogP contribution in [0.4, 0.5) is 4.39 Å². The second-order valence-corrected chi connectivity index (χ2v) is 10.00. The van der Waals surface area contributed by atoms with Gasteiger partial charge in [0.25, 0.3) is 5.91 Å². The van der Waals surface area contributed by atoms with Crippen LogP contribution < -0.4 is 4.74 Å². The molecule has 0 radical (unpaired) electrons. The number of aryl methyl sites for hydroxylation is 1. The van der Waals surface area contributed by atoms with Gasteiger partial charge in [-0.3, -0.25) is 9.48 Å². The minimum absolute atomic E-state index is 0.0653. The van der Waals surface area contributed by atoms with E-state index in [1.165, 1.54) is 29.0 Å². The van der Waals surface area contributed by atoms with Crippen molar-refractivity contribution in [3.63, 3.8) is 0 Å². The topological polar surface area (TPSA) is 47.4 Å². The molecule has 1 aliphatic heterocycles. The summed E-state index contributed by atoms with van der Waals surface area (Å²) in [5, 5.41) is 5.64. The molecule has 1 fully saturated rings. The molecule has 1 aliphatic rings. The third-order valence-electron chi connectivity index (χ3n) is 6.59. The number of aromatic nitrogens is 2. The fourth-order valence-corrected chi connectivity index (χ4v) is 5.74. The van der Waals surface area contributed by atoms with Gasteiger partial charge in [0, 0.05) is 23.9 Å². The van der Waals surface area contributed by atoms with E-state index >= 15 is 0 Å². The van der Waals surface area contributed by atoms with Gasteiger partial charge in [-0.2, -0.15) is 5.10 Å².